The molecule has 1 aliphatic rings. The number of pyridine rings is 1. The van der Waals surface area contributed by atoms with Gasteiger partial charge in [-0.25, -0.2) is 0 Å². The summed E-state index contributed by atoms with van der Waals surface area (Å²) in [5.74, 6) is -0.747. The van der Waals surface area contributed by atoms with Crippen molar-refractivity contribution in [2.24, 2.45) is 0 Å². The van der Waals surface area contributed by atoms with Crippen LogP contribution in [-0.2, 0) is 16.1 Å². The van der Waals surface area contributed by atoms with Crippen molar-refractivity contribution in [1.82, 2.24) is 15.2 Å². The number of hydrogen-bond donors (Lipinski definition) is 1. The lowest BCUT2D eigenvalue weighted by atomic mass is 9.79. The molecule has 0 spiro atoms. The first-order chi connectivity index (χ1) is 15.2. The lowest BCUT2D eigenvalue weighted by Crippen LogP contribution is -2.48. The summed E-state index contributed by atoms with van der Waals surface area (Å²) in [6, 6.07) is 20.4. The second-order valence-electron chi connectivity index (χ2n) is 7.49. The molecule has 1 N–H and O–H groups in total. The van der Waals surface area contributed by atoms with Crippen LogP contribution < -0.4 is 5.32 Å². The summed E-state index contributed by atoms with van der Waals surface area (Å²) in [5, 5.41) is 3.05. The molecule has 31 heavy (non-hydrogen) atoms. The highest BCUT2D eigenvalue weighted by Gasteiger charge is 2.43. The molecule has 2 aromatic carbocycles. The van der Waals surface area contributed by atoms with Gasteiger partial charge in [-0.2, -0.15) is 0 Å². The molecular weight excluding hydrogens is 390 g/mol. The van der Waals surface area contributed by atoms with E-state index in [1.807, 2.05) is 60.7 Å². The van der Waals surface area contributed by atoms with Crippen LogP contribution in [0.3, 0.4) is 0 Å². The van der Waals surface area contributed by atoms with E-state index in [9.17, 15) is 9.59 Å². The average molecular weight is 415 g/mol. The number of benzene rings is 2. The van der Waals surface area contributed by atoms with E-state index in [1.54, 1.807) is 30.5 Å². The van der Waals surface area contributed by atoms with E-state index in [-0.39, 0.29) is 11.8 Å². The Morgan fingerprint density at radius 2 is 1.84 bits per heavy atom. The predicted molar refractivity (Wildman–Crippen MR) is 117 cm³/mol. The van der Waals surface area contributed by atoms with Crippen molar-refractivity contribution in [2.45, 2.75) is 18.5 Å². The zero-order chi connectivity index (χ0) is 21.6. The normalized spacial score (nSPS) is 17.8. The van der Waals surface area contributed by atoms with Crippen molar-refractivity contribution in [3.05, 3.63) is 101 Å². The summed E-state index contributed by atoms with van der Waals surface area (Å²) < 4.78 is 5.26. The van der Waals surface area contributed by atoms with Gasteiger partial charge in [-0.15, -0.1) is 0 Å². The van der Waals surface area contributed by atoms with E-state index >= 15 is 0 Å². The smallest absolute Gasteiger partial charge is 0.254 e. The van der Waals surface area contributed by atoms with Crippen LogP contribution in [0.2, 0.25) is 0 Å². The summed E-state index contributed by atoms with van der Waals surface area (Å²) in [4.78, 5) is 32.8. The number of fused-ring (bicyclic) bond motifs is 1. The van der Waals surface area contributed by atoms with E-state index in [1.165, 1.54) is 0 Å². The zero-order valence-electron chi connectivity index (χ0n) is 17.4. The van der Waals surface area contributed by atoms with Gasteiger partial charge in [0.05, 0.1) is 18.6 Å². The molecule has 6 heteroatoms. The van der Waals surface area contributed by atoms with E-state index in [0.29, 0.717) is 25.3 Å². The van der Waals surface area contributed by atoms with Crippen molar-refractivity contribution in [1.29, 1.82) is 0 Å². The maximum Gasteiger partial charge on any atom is 0.254 e. The van der Waals surface area contributed by atoms with Crippen LogP contribution in [0.5, 0.6) is 0 Å². The van der Waals surface area contributed by atoms with Crippen molar-refractivity contribution >= 4 is 11.8 Å². The Labute approximate surface area is 181 Å². The fraction of sp³-hybridized carbons (Fsp3) is 0.240. The minimum Gasteiger partial charge on any atom is -0.383 e. The molecule has 2 heterocycles. The van der Waals surface area contributed by atoms with Crippen LogP contribution >= 0.6 is 0 Å². The van der Waals surface area contributed by atoms with Gasteiger partial charge in [-0.05, 0) is 28.8 Å². The van der Waals surface area contributed by atoms with Crippen LogP contribution in [0.15, 0.2) is 79.1 Å². The SMILES string of the molecule is COCCN1C(=O)c2ccccc2[C@@H](C(=O)NCc2cccnc2)[C@@H]1c1ccccc1. The molecule has 0 bridgehead atoms. The average Bonchev–Trinajstić information content (AvgIpc) is 2.83. The number of amides is 2. The van der Waals surface area contributed by atoms with Crippen LogP contribution in [-0.4, -0.2) is 42.0 Å². The topological polar surface area (TPSA) is 71.5 Å². The summed E-state index contributed by atoms with van der Waals surface area (Å²) in [7, 11) is 1.61. The van der Waals surface area contributed by atoms with Crippen molar-refractivity contribution < 1.29 is 14.3 Å². The third kappa shape index (κ3) is 4.34. The molecule has 0 radical (unpaired) electrons. The number of carbonyl (C=O) groups is 2. The lowest BCUT2D eigenvalue weighted by molar-refractivity contribution is -0.124. The van der Waals surface area contributed by atoms with Crippen molar-refractivity contribution in [3.8, 4) is 0 Å². The van der Waals surface area contributed by atoms with Gasteiger partial charge < -0.3 is 15.0 Å². The molecule has 158 valence electrons. The van der Waals surface area contributed by atoms with Gasteiger partial charge in [-0.3, -0.25) is 14.6 Å². The quantitative estimate of drug-likeness (QED) is 0.643. The van der Waals surface area contributed by atoms with Gasteiger partial charge in [0.15, 0.2) is 0 Å². The fourth-order valence-corrected chi connectivity index (χ4v) is 4.13. The van der Waals surface area contributed by atoms with Gasteiger partial charge in [0.25, 0.3) is 5.91 Å². The molecule has 2 atom stereocenters. The maximum absolute atomic E-state index is 13.5. The monoisotopic (exact) mass is 415 g/mol. The standard InChI is InChI=1S/C25H25N3O3/c1-31-15-14-28-23(19-9-3-2-4-10-19)22(20-11-5-6-12-21(20)25(28)30)24(29)27-17-18-8-7-13-26-16-18/h2-13,16,22-23H,14-15,17H2,1H3,(H,27,29)/t22-,23+/m1/s1. The first kappa shape index (κ1) is 20.8. The third-order valence-electron chi connectivity index (χ3n) is 5.59. The number of methoxy groups -OCH3 is 1. The van der Waals surface area contributed by atoms with E-state index in [4.69, 9.17) is 4.74 Å². The largest absolute Gasteiger partial charge is 0.383 e. The summed E-state index contributed by atoms with van der Waals surface area (Å²) >= 11 is 0. The molecule has 1 aromatic heterocycles. The highest BCUT2D eigenvalue weighted by Crippen LogP contribution is 2.42. The first-order valence-electron chi connectivity index (χ1n) is 10.3. The second-order valence-corrected chi connectivity index (χ2v) is 7.49. The van der Waals surface area contributed by atoms with Gasteiger partial charge in [0, 0.05) is 38.2 Å². The number of nitrogens with zero attached hydrogens (tertiary/aromatic N) is 2. The van der Waals surface area contributed by atoms with Crippen LogP contribution in [0, 0.1) is 0 Å². The number of carbonyl (C=O) groups excluding carboxylic acids is 2. The van der Waals surface area contributed by atoms with Gasteiger partial charge in [0.1, 0.15) is 0 Å². The molecule has 0 unspecified atom stereocenters. The number of rotatable bonds is 7. The van der Waals surface area contributed by atoms with Gasteiger partial charge >= 0.3 is 0 Å². The Kier molecular flexibility index (Phi) is 6.38. The van der Waals surface area contributed by atoms with Crippen molar-refractivity contribution in [3.63, 3.8) is 0 Å². The molecule has 0 saturated heterocycles. The molecule has 0 saturated carbocycles. The second kappa shape index (κ2) is 9.53. The van der Waals surface area contributed by atoms with Gasteiger partial charge in [-0.1, -0.05) is 54.6 Å². The van der Waals surface area contributed by atoms with Crippen LogP contribution in [0.25, 0.3) is 0 Å². The maximum atomic E-state index is 13.5. The van der Waals surface area contributed by atoms with E-state index in [0.717, 1.165) is 16.7 Å². The molecular formula is C25H25N3O3. The Morgan fingerprint density at radius 1 is 1.06 bits per heavy atom. The zero-order valence-corrected chi connectivity index (χ0v) is 17.4. The van der Waals surface area contributed by atoms with Crippen molar-refractivity contribution in [2.75, 3.05) is 20.3 Å². The number of aromatic nitrogens is 1. The predicted octanol–water partition coefficient (Wildman–Crippen LogP) is 3.33. The highest BCUT2D eigenvalue weighted by atomic mass is 16.5. The Hall–Kier alpha value is -3.51. The summed E-state index contributed by atoms with van der Waals surface area (Å²) in [5.41, 5.74) is 3.15. The third-order valence-corrected chi connectivity index (χ3v) is 5.59. The molecule has 0 aliphatic carbocycles. The summed E-state index contributed by atoms with van der Waals surface area (Å²) in [6.07, 6.45) is 3.44. The minimum absolute atomic E-state index is 0.0854. The van der Waals surface area contributed by atoms with Crippen LogP contribution in [0.1, 0.15) is 39.0 Å². The molecule has 1 aliphatic heterocycles. The molecule has 6 nitrogen and oxygen atoms in total. The summed E-state index contributed by atoms with van der Waals surface area (Å²) in [6.45, 7) is 1.16. The van der Waals surface area contributed by atoms with Gasteiger partial charge in [0.2, 0.25) is 5.91 Å². The number of nitrogens with one attached hydrogen (secondary N) is 1. The highest BCUT2D eigenvalue weighted by molar-refractivity contribution is 6.01. The number of ether oxygens (including phenoxy) is 1. The first-order valence-corrected chi connectivity index (χ1v) is 10.3. The number of hydrogen-bond acceptors (Lipinski definition) is 4. The molecule has 4 rings (SSSR count). The Morgan fingerprint density at radius 3 is 2.58 bits per heavy atom. The minimum atomic E-state index is -0.537. The van der Waals surface area contributed by atoms with E-state index < -0.39 is 12.0 Å². The van der Waals surface area contributed by atoms with E-state index in [2.05, 4.69) is 10.3 Å². The fourth-order valence-electron chi connectivity index (χ4n) is 4.13. The molecule has 0 fully saturated rings. The molecule has 2 amide bonds. The Bertz CT molecular complexity index is 1040. The Balaban J connectivity index is 1.74. The molecule has 3 aromatic rings. The van der Waals surface area contributed by atoms with Crippen LogP contribution in [0.4, 0.5) is 0 Å². The lowest BCUT2D eigenvalue weighted by Gasteiger charge is -2.41.